The minimum Gasteiger partial charge on any atom is -0.550 e. The van der Waals surface area contributed by atoms with Crippen molar-refractivity contribution in [1.29, 1.82) is 0 Å². The fourth-order valence-electron chi connectivity index (χ4n) is 0.318. The molecule has 5 nitrogen and oxygen atoms in total. The summed E-state index contributed by atoms with van der Waals surface area (Å²) >= 11 is 0. The average Bonchev–Trinajstić information content (AvgIpc) is 1.82. The summed E-state index contributed by atoms with van der Waals surface area (Å²) in [5.74, 6) is -4.53. The second-order valence-corrected chi connectivity index (χ2v) is 1.58. The molecule has 0 rings (SSSR count). The molecule has 0 saturated heterocycles. The van der Waals surface area contributed by atoms with Crippen LogP contribution in [-0.4, -0.2) is 17.7 Å². The Morgan fingerprint density at radius 2 is 1.50 bits per heavy atom. The van der Waals surface area contributed by atoms with Crippen LogP contribution in [0.25, 0.3) is 0 Å². The summed E-state index contributed by atoms with van der Waals surface area (Å²) in [7, 11) is 0. The first-order valence-corrected chi connectivity index (χ1v) is 2.48. The molecule has 0 atom stereocenters. The molecule has 0 N–H and O–H groups in total. The van der Waals surface area contributed by atoms with Gasteiger partial charge in [0.25, 0.3) is 0 Å². The lowest BCUT2D eigenvalue weighted by Crippen LogP contribution is -2.33. The van der Waals surface area contributed by atoms with E-state index in [1.165, 1.54) is 0 Å². The molecule has 56 valence electrons. The van der Waals surface area contributed by atoms with E-state index in [-0.39, 0.29) is 0 Å². The second kappa shape index (κ2) is 3.60. The van der Waals surface area contributed by atoms with E-state index in [1.807, 2.05) is 0 Å². The minimum absolute atomic E-state index is 0.565. The Bertz CT molecular complexity index is 171. The van der Waals surface area contributed by atoms with Gasteiger partial charge in [0.1, 0.15) is 5.97 Å². The van der Waals surface area contributed by atoms with Crippen LogP contribution in [-0.2, 0) is 14.4 Å². The third kappa shape index (κ3) is 3.59. The standard InChI is InChI=1S/C5H6O5/c6-3(5(9)10)1-2-4(7)8/h1-2H2,(H,7,8)(H,9,10)/p-2/i5+1. The Morgan fingerprint density at radius 1 is 1.00 bits per heavy atom. The Kier molecular flexibility index (Phi) is 3.10. The number of Topliss-reactive ketones (excluding diaryl/α,β-unsaturated/α-hetero) is 1. The SMILES string of the molecule is O=C([O-])CCC(=O)[13C](=O)[O-]. The fourth-order valence-corrected chi connectivity index (χ4v) is 0.318. The van der Waals surface area contributed by atoms with Crippen LogP contribution in [0.3, 0.4) is 0 Å². The highest BCUT2D eigenvalue weighted by Crippen LogP contribution is 1.87. The summed E-state index contributed by atoms with van der Waals surface area (Å²) in [6, 6.07) is 0. The molecule has 0 aromatic carbocycles. The maximum absolute atomic E-state index is 10.1. The van der Waals surface area contributed by atoms with Crippen molar-refractivity contribution in [3.05, 3.63) is 0 Å². The Labute approximate surface area is 56.3 Å². The van der Waals surface area contributed by atoms with Crippen LogP contribution in [0.15, 0.2) is 0 Å². The number of carbonyl (C=O) groups excluding carboxylic acids is 3. The van der Waals surface area contributed by atoms with Crippen LogP contribution in [0.2, 0.25) is 0 Å². The highest BCUT2D eigenvalue weighted by atomic mass is 16.5. The molecule has 0 saturated carbocycles. The van der Waals surface area contributed by atoms with Crippen LogP contribution in [0.5, 0.6) is 0 Å². The maximum Gasteiger partial charge on any atom is 0.178 e. The molecule has 5 heteroatoms. The average molecular weight is 145 g/mol. The highest BCUT2D eigenvalue weighted by Gasteiger charge is 2.00. The van der Waals surface area contributed by atoms with Crippen LogP contribution in [0, 0.1) is 0 Å². The molecule has 0 heterocycles. The van der Waals surface area contributed by atoms with Gasteiger partial charge in [-0.05, 0) is 6.42 Å². The van der Waals surface area contributed by atoms with Gasteiger partial charge in [0.15, 0.2) is 5.78 Å². The topological polar surface area (TPSA) is 97.3 Å². The van der Waals surface area contributed by atoms with Crippen LogP contribution in [0.1, 0.15) is 12.8 Å². The zero-order chi connectivity index (χ0) is 8.15. The predicted octanol–water partition coefficient (Wildman–Crippen LogP) is -3.16. The predicted molar refractivity (Wildman–Crippen MR) is 24.3 cm³/mol. The lowest BCUT2D eigenvalue weighted by molar-refractivity contribution is -0.306. The highest BCUT2D eigenvalue weighted by molar-refractivity contribution is 6.31. The first kappa shape index (κ1) is 8.61. The molecule has 0 aliphatic rings. The zero-order valence-corrected chi connectivity index (χ0v) is 4.96. The van der Waals surface area contributed by atoms with E-state index in [2.05, 4.69) is 0 Å². The first-order valence-electron chi connectivity index (χ1n) is 2.48. The summed E-state index contributed by atoms with van der Waals surface area (Å²) in [6.45, 7) is 0. The van der Waals surface area contributed by atoms with Gasteiger partial charge in [-0.25, -0.2) is 0 Å². The van der Waals surface area contributed by atoms with Crippen molar-refractivity contribution in [2.24, 2.45) is 0 Å². The first-order chi connectivity index (χ1) is 4.54. The second-order valence-electron chi connectivity index (χ2n) is 1.58. The third-order valence-electron chi connectivity index (χ3n) is 0.784. The molecule has 0 bridgehead atoms. The molecule has 0 radical (unpaired) electrons. The largest absolute Gasteiger partial charge is 0.550 e. The van der Waals surface area contributed by atoms with Gasteiger partial charge in [-0.15, -0.1) is 0 Å². The number of hydrogen-bond donors (Lipinski definition) is 0. The van der Waals surface area contributed by atoms with Crippen LogP contribution >= 0.6 is 0 Å². The number of carboxylic acids is 2. The summed E-state index contributed by atoms with van der Waals surface area (Å²) in [5.41, 5.74) is 0. The Morgan fingerprint density at radius 3 is 1.80 bits per heavy atom. The lowest BCUT2D eigenvalue weighted by atomic mass is 10.3. The maximum atomic E-state index is 10.1. The molecule has 0 aliphatic carbocycles. The number of hydrogen-bond acceptors (Lipinski definition) is 5. The molecule has 0 aromatic rings. The van der Waals surface area contributed by atoms with Gasteiger partial charge < -0.3 is 19.8 Å². The molecular weight excluding hydrogens is 141 g/mol. The van der Waals surface area contributed by atoms with Crippen molar-refractivity contribution in [3.63, 3.8) is 0 Å². The third-order valence-corrected chi connectivity index (χ3v) is 0.784. The number of carboxylic acid groups (broad SMARTS) is 2. The monoisotopic (exact) mass is 145 g/mol. The fraction of sp³-hybridized carbons (Fsp3) is 0.400. The minimum atomic E-state index is -1.86. The van der Waals surface area contributed by atoms with E-state index in [0.29, 0.717) is 0 Å². The van der Waals surface area contributed by atoms with Crippen LogP contribution < -0.4 is 10.2 Å². The normalized spacial score (nSPS) is 8.80. The molecule has 10 heavy (non-hydrogen) atoms. The van der Waals surface area contributed by atoms with Crippen molar-refractivity contribution in [3.8, 4) is 0 Å². The number of rotatable bonds is 4. The van der Waals surface area contributed by atoms with Gasteiger partial charge in [-0.2, -0.15) is 0 Å². The van der Waals surface area contributed by atoms with E-state index < -0.39 is 30.6 Å². The summed E-state index contributed by atoms with van der Waals surface area (Å²) in [4.78, 5) is 29.4. The number of carbonyl (C=O) groups is 3. The van der Waals surface area contributed by atoms with E-state index in [0.717, 1.165) is 0 Å². The lowest BCUT2D eigenvalue weighted by Gasteiger charge is -2.00. The van der Waals surface area contributed by atoms with Gasteiger partial charge in [0.05, 0.1) is 0 Å². The van der Waals surface area contributed by atoms with E-state index in [1.54, 1.807) is 0 Å². The summed E-state index contributed by atoms with van der Waals surface area (Å²) in [5, 5.41) is 19.3. The molecule has 0 aliphatic heterocycles. The van der Waals surface area contributed by atoms with Crippen molar-refractivity contribution in [2.45, 2.75) is 12.8 Å². The van der Waals surface area contributed by atoms with E-state index in [4.69, 9.17) is 0 Å². The van der Waals surface area contributed by atoms with Gasteiger partial charge in [0.2, 0.25) is 0 Å². The number of aliphatic carboxylic acids is 2. The van der Waals surface area contributed by atoms with Crippen molar-refractivity contribution < 1.29 is 24.6 Å². The van der Waals surface area contributed by atoms with Crippen molar-refractivity contribution in [1.82, 2.24) is 0 Å². The molecule has 0 spiro atoms. The molecule has 0 aromatic heterocycles. The van der Waals surface area contributed by atoms with E-state index >= 15 is 0 Å². The smallest absolute Gasteiger partial charge is 0.178 e. The van der Waals surface area contributed by atoms with Crippen molar-refractivity contribution >= 4 is 17.7 Å². The molecular formula is C5H4O5-2. The van der Waals surface area contributed by atoms with Gasteiger partial charge in [0, 0.05) is 12.4 Å². The zero-order valence-electron chi connectivity index (χ0n) is 4.96. The van der Waals surface area contributed by atoms with Gasteiger partial charge >= 0.3 is 0 Å². The van der Waals surface area contributed by atoms with E-state index in [9.17, 15) is 24.6 Å². The quantitative estimate of drug-likeness (QED) is 0.307. The molecule has 0 fully saturated rings. The molecule has 0 unspecified atom stereocenters. The summed E-state index contributed by atoms with van der Waals surface area (Å²) < 4.78 is 0. The molecule has 0 amide bonds. The summed E-state index contributed by atoms with van der Waals surface area (Å²) in [6.07, 6.45) is -1.14. The van der Waals surface area contributed by atoms with Gasteiger partial charge in [-0.3, -0.25) is 4.79 Å². The van der Waals surface area contributed by atoms with Crippen molar-refractivity contribution in [2.75, 3.05) is 0 Å². The Balaban J connectivity index is 3.60. The van der Waals surface area contributed by atoms with Gasteiger partial charge in [-0.1, -0.05) is 0 Å². The number of ketones is 1. The van der Waals surface area contributed by atoms with Crippen LogP contribution in [0.4, 0.5) is 0 Å². The Hall–Kier alpha value is -1.39.